The zero-order chi connectivity index (χ0) is 25.4. The molecule has 6 nitrogen and oxygen atoms in total. The van der Waals surface area contributed by atoms with Crippen molar-refractivity contribution in [2.45, 2.75) is 49.3 Å². The number of aromatic nitrogens is 3. The quantitative estimate of drug-likeness (QED) is 0.354. The van der Waals surface area contributed by atoms with Gasteiger partial charge in [0.15, 0.2) is 9.84 Å². The summed E-state index contributed by atoms with van der Waals surface area (Å²) in [7, 11) is -3.78. The summed E-state index contributed by atoms with van der Waals surface area (Å²) in [5.74, 6) is -5.49. The predicted molar refractivity (Wildman–Crippen MR) is 117 cm³/mol. The summed E-state index contributed by atoms with van der Waals surface area (Å²) in [6, 6.07) is 11.3. The van der Waals surface area contributed by atoms with Crippen LogP contribution >= 0.6 is 0 Å². The van der Waals surface area contributed by atoms with E-state index in [1.54, 1.807) is 0 Å². The molecule has 2 heterocycles. The van der Waals surface area contributed by atoms with E-state index in [-0.39, 0.29) is 22.0 Å². The van der Waals surface area contributed by atoms with Crippen molar-refractivity contribution in [3.8, 4) is 28.4 Å². The molecule has 12 heteroatoms. The van der Waals surface area contributed by atoms with Crippen LogP contribution in [0.3, 0.4) is 0 Å². The van der Waals surface area contributed by atoms with Crippen molar-refractivity contribution in [3.63, 3.8) is 0 Å². The number of pyridine rings is 1. The Bertz CT molecular complexity index is 1300. The average molecular weight is 513 g/mol. The summed E-state index contributed by atoms with van der Waals surface area (Å²) < 4.78 is 93.9. The molecule has 2 aromatic heterocycles. The molecule has 186 valence electrons. The SMILES string of the molecule is CCS(=O)(=O)c1cc(-c2ccc(C3CC3)cc2)cnc1-c1ccc(OC(F)C(F)(F)C(F)F)nn1. The number of rotatable bonds is 9. The van der Waals surface area contributed by atoms with E-state index in [0.29, 0.717) is 11.5 Å². The number of hydrogen-bond donors (Lipinski definition) is 0. The maximum Gasteiger partial charge on any atom is 0.372 e. The average Bonchev–Trinajstić information content (AvgIpc) is 3.70. The Kier molecular flexibility index (Phi) is 6.76. The van der Waals surface area contributed by atoms with Crippen molar-refractivity contribution < 1.29 is 35.1 Å². The largest absolute Gasteiger partial charge is 0.435 e. The van der Waals surface area contributed by atoms with E-state index in [2.05, 4.69) is 19.9 Å². The van der Waals surface area contributed by atoms with Crippen LogP contribution in [0.1, 0.15) is 31.2 Å². The van der Waals surface area contributed by atoms with Crippen molar-refractivity contribution >= 4 is 9.84 Å². The van der Waals surface area contributed by atoms with Gasteiger partial charge in [0.25, 0.3) is 0 Å². The van der Waals surface area contributed by atoms with Crippen LogP contribution in [0.5, 0.6) is 5.88 Å². The van der Waals surface area contributed by atoms with E-state index in [1.807, 2.05) is 24.3 Å². The molecule has 1 aromatic carbocycles. The van der Waals surface area contributed by atoms with Gasteiger partial charge in [0.05, 0.1) is 10.6 Å². The standard InChI is InChI=1S/C23H20F5N3O3S/c1-2-35(32,33)18-11-16(15-7-5-14(6-8-15)13-3-4-13)12-29-20(18)17-9-10-19(31-30-17)34-22(26)23(27,28)21(24)25/h5-13,21-22H,2-4H2,1H3. The van der Waals surface area contributed by atoms with Crippen LogP contribution in [-0.4, -0.2) is 48.1 Å². The van der Waals surface area contributed by atoms with Crippen molar-refractivity contribution in [2.75, 3.05) is 5.75 Å². The number of benzene rings is 1. The molecule has 1 atom stereocenters. The summed E-state index contributed by atoms with van der Waals surface area (Å²) in [5.41, 5.74) is 2.43. The molecule has 0 radical (unpaired) electrons. The first-order valence-electron chi connectivity index (χ1n) is 10.7. The third kappa shape index (κ3) is 5.26. The highest BCUT2D eigenvalue weighted by molar-refractivity contribution is 7.91. The lowest BCUT2D eigenvalue weighted by Crippen LogP contribution is -2.41. The number of alkyl halides is 5. The molecule has 3 aromatic rings. The van der Waals surface area contributed by atoms with E-state index >= 15 is 0 Å². The van der Waals surface area contributed by atoms with Gasteiger partial charge < -0.3 is 4.74 Å². The Hall–Kier alpha value is -3.15. The van der Waals surface area contributed by atoms with Crippen molar-refractivity contribution in [3.05, 3.63) is 54.2 Å². The lowest BCUT2D eigenvalue weighted by molar-refractivity contribution is -0.222. The Morgan fingerprint density at radius 3 is 2.26 bits per heavy atom. The summed E-state index contributed by atoms with van der Waals surface area (Å²) in [6.07, 6.45) is -4.16. The van der Waals surface area contributed by atoms with E-state index in [4.69, 9.17) is 0 Å². The minimum Gasteiger partial charge on any atom is -0.435 e. The number of ether oxygens (including phenoxy) is 1. The highest BCUT2D eigenvalue weighted by Crippen LogP contribution is 2.40. The van der Waals surface area contributed by atoms with Crippen LogP contribution in [0, 0.1) is 0 Å². The molecule has 1 aliphatic rings. The van der Waals surface area contributed by atoms with Crippen LogP contribution in [0.15, 0.2) is 53.6 Å². The monoisotopic (exact) mass is 513 g/mol. The van der Waals surface area contributed by atoms with Gasteiger partial charge in [-0.2, -0.15) is 13.2 Å². The Balaban J connectivity index is 1.64. The molecule has 1 aliphatic carbocycles. The van der Waals surface area contributed by atoms with Crippen molar-refractivity contribution in [1.29, 1.82) is 0 Å². The second kappa shape index (κ2) is 9.48. The van der Waals surface area contributed by atoms with Crippen LogP contribution in [0.25, 0.3) is 22.5 Å². The molecular weight excluding hydrogens is 493 g/mol. The fraction of sp³-hybridized carbons (Fsp3) is 0.348. The maximum absolute atomic E-state index is 13.5. The highest BCUT2D eigenvalue weighted by atomic mass is 32.2. The Morgan fingerprint density at radius 1 is 1.03 bits per heavy atom. The Morgan fingerprint density at radius 2 is 1.71 bits per heavy atom. The van der Waals surface area contributed by atoms with E-state index in [1.165, 1.54) is 24.8 Å². The van der Waals surface area contributed by atoms with Gasteiger partial charge >= 0.3 is 18.7 Å². The van der Waals surface area contributed by atoms with Crippen LogP contribution in [-0.2, 0) is 9.84 Å². The molecule has 4 rings (SSSR count). The zero-order valence-electron chi connectivity index (χ0n) is 18.3. The first kappa shape index (κ1) is 25.0. The summed E-state index contributed by atoms with van der Waals surface area (Å²) in [5, 5.41) is 7.08. The molecule has 1 unspecified atom stereocenters. The Labute approximate surface area is 198 Å². The molecule has 1 saturated carbocycles. The predicted octanol–water partition coefficient (Wildman–Crippen LogP) is 5.45. The maximum atomic E-state index is 13.5. The van der Waals surface area contributed by atoms with Gasteiger partial charge in [0.1, 0.15) is 11.4 Å². The van der Waals surface area contributed by atoms with Gasteiger partial charge in [0.2, 0.25) is 5.88 Å². The molecule has 1 fully saturated rings. The van der Waals surface area contributed by atoms with Gasteiger partial charge in [-0.3, -0.25) is 4.98 Å². The number of hydrogen-bond acceptors (Lipinski definition) is 6. The van der Waals surface area contributed by atoms with E-state index in [9.17, 15) is 30.4 Å². The molecule has 35 heavy (non-hydrogen) atoms. The first-order valence-corrected chi connectivity index (χ1v) is 12.3. The second-order valence-corrected chi connectivity index (χ2v) is 10.3. The van der Waals surface area contributed by atoms with Crippen molar-refractivity contribution in [1.82, 2.24) is 15.2 Å². The van der Waals surface area contributed by atoms with Gasteiger partial charge in [-0.1, -0.05) is 31.2 Å². The number of sulfone groups is 1. The van der Waals surface area contributed by atoms with E-state index in [0.717, 1.165) is 30.5 Å². The molecule has 0 spiro atoms. The lowest BCUT2D eigenvalue weighted by Gasteiger charge is -2.19. The normalized spacial score (nSPS) is 15.3. The smallest absolute Gasteiger partial charge is 0.372 e. The highest BCUT2D eigenvalue weighted by Gasteiger charge is 2.51. The van der Waals surface area contributed by atoms with E-state index < -0.39 is 34.4 Å². The fourth-order valence-corrected chi connectivity index (χ4v) is 4.41. The minimum absolute atomic E-state index is 0.0565. The lowest BCUT2D eigenvalue weighted by atomic mass is 10.0. The number of halogens is 5. The molecule has 0 amide bonds. The van der Waals surface area contributed by atoms with Crippen LogP contribution in [0.4, 0.5) is 22.0 Å². The number of nitrogens with zero attached hydrogens (tertiary/aromatic N) is 3. The third-order valence-corrected chi connectivity index (χ3v) is 7.30. The van der Waals surface area contributed by atoms with Gasteiger partial charge in [-0.05, 0) is 42.0 Å². The molecule has 0 bridgehead atoms. The molecule has 0 aliphatic heterocycles. The van der Waals surface area contributed by atoms with Crippen LogP contribution < -0.4 is 4.74 Å². The van der Waals surface area contributed by atoms with Gasteiger partial charge in [-0.15, -0.1) is 10.2 Å². The molecular formula is C23H20F5N3O3S. The van der Waals surface area contributed by atoms with Gasteiger partial charge in [-0.25, -0.2) is 17.2 Å². The summed E-state index contributed by atoms with van der Waals surface area (Å²) >= 11 is 0. The third-order valence-electron chi connectivity index (χ3n) is 5.56. The fourth-order valence-electron chi connectivity index (χ4n) is 3.34. The first-order chi connectivity index (χ1) is 16.5. The second-order valence-electron chi connectivity index (χ2n) is 8.04. The molecule has 0 N–H and O–H groups in total. The minimum atomic E-state index is -5.04. The van der Waals surface area contributed by atoms with Crippen LogP contribution in [0.2, 0.25) is 0 Å². The van der Waals surface area contributed by atoms with Gasteiger partial charge in [0, 0.05) is 17.8 Å². The summed E-state index contributed by atoms with van der Waals surface area (Å²) in [4.78, 5) is 4.12. The molecule has 0 saturated heterocycles. The summed E-state index contributed by atoms with van der Waals surface area (Å²) in [6.45, 7) is 1.46. The zero-order valence-corrected chi connectivity index (χ0v) is 19.2. The van der Waals surface area contributed by atoms with Crippen molar-refractivity contribution in [2.24, 2.45) is 0 Å². The topological polar surface area (TPSA) is 82.0 Å².